The molecule has 2 saturated heterocycles. The Hall–Kier alpha value is -0.983. The molecule has 0 unspecified atom stereocenters. The van der Waals surface area contributed by atoms with Crippen LogP contribution in [0.3, 0.4) is 0 Å². The number of methoxy groups -OCH3 is 1. The van der Waals surface area contributed by atoms with E-state index in [2.05, 4.69) is 19.6 Å². The second kappa shape index (κ2) is 6.76. The highest BCUT2D eigenvalue weighted by molar-refractivity contribution is 6.69. The van der Waals surface area contributed by atoms with Gasteiger partial charge in [0.25, 0.3) is 0 Å². The molecule has 162 valence electrons. The Morgan fingerprint density at radius 2 is 1.86 bits per heavy atom. The average Bonchev–Trinajstić information content (AvgIpc) is 2.88. The summed E-state index contributed by atoms with van der Waals surface area (Å²) in [5.74, 6) is -1.21. The van der Waals surface area contributed by atoms with Crippen molar-refractivity contribution in [2.75, 3.05) is 7.11 Å². The first kappa shape index (κ1) is 21.3. The summed E-state index contributed by atoms with van der Waals surface area (Å²) in [5, 5.41) is 0. The number of esters is 1. The van der Waals surface area contributed by atoms with Crippen molar-refractivity contribution in [2.24, 2.45) is 17.3 Å². The zero-order valence-electron chi connectivity index (χ0n) is 18.9. The Morgan fingerprint density at radius 1 is 1.14 bits per heavy atom. The Balaban J connectivity index is 1.91. The van der Waals surface area contributed by atoms with Crippen LogP contribution in [0.25, 0.3) is 0 Å². The van der Waals surface area contributed by atoms with Crippen LogP contribution in [0.1, 0.15) is 65.2 Å². The highest BCUT2D eigenvalue weighted by Gasteiger charge is 2.70. The Kier molecular flexibility index (Phi) is 4.95. The van der Waals surface area contributed by atoms with E-state index >= 15 is 0 Å². The quantitative estimate of drug-likeness (QED) is 0.486. The molecule has 4 aliphatic rings. The summed E-state index contributed by atoms with van der Waals surface area (Å²) in [6.07, 6.45) is 8.18. The summed E-state index contributed by atoms with van der Waals surface area (Å²) in [6, 6.07) is 0. The zero-order valence-corrected chi connectivity index (χ0v) is 19.9. The Bertz CT molecular complexity index is 768. The first-order chi connectivity index (χ1) is 13.5. The molecule has 0 radical (unpaired) electrons. The van der Waals surface area contributed by atoms with Gasteiger partial charge >= 0.3 is 5.97 Å². The van der Waals surface area contributed by atoms with Gasteiger partial charge in [0.15, 0.2) is 19.9 Å². The van der Waals surface area contributed by atoms with Crippen molar-refractivity contribution >= 4 is 20.1 Å². The minimum atomic E-state index is -2.04. The SMILES string of the molecule is COC(=O)C1=C(C)C(=O)[C@@]2(C)CC[C@]34CCCCC[C@H]3C[C@@](O[Si](C)(C)C)(O4)[C@@H]12. The lowest BCUT2D eigenvalue weighted by atomic mass is 9.63. The second-order valence-electron chi connectivity index (χ2n) is 10.9. The van der Waals surface area contributed by atoms with Crippen LogP contribution in [0, 0.1) is 17.3 Å². The molecule has 2 aliphatic carbocycles. The highest BCUT2D eigenvalue weighted by Crippen LogP contribution is 2.65. The van der Waals surface area contributed by atoms with Gasteiger partial charge in [-0.2, -0.15) is 0 Å². The topological polar surface area (TPSA) is 61.8 Å². The average molecular weight is 421 g/mol. The van der Waals surface area contributed by atoms with Crippen LogP contribution >= 0.6 is 0 Å². The Labute approximate surface area is 175 Å². The molecule has 2 aliphatic heterocycles. The van der Waals surface area contributed by atoms with Gasteiger partial charge in [-0.25, -0.2) is 4.79 Å². The molecule has 5 nitrogen and oxygen atoms in total. The number of allylic oxidation sites excluding steroid dienone is 1. The minimum absolute atomic E-state index is 0.0687. The van der Waals surface area contributed by atoms with E-state index in [0.29, 0.717) is 17.1 Å². The van der Waals surface area contributed by atoms with Crippen LogP contribution in [-0.4, -0.2) is 38.6 Å². The summed E-state index contributed by atoms with van der Waals surface area (Å²) >= 11 is 0. The monoisotopic (exact) mass is 420 g/mol. The third-order valence-corrected chi connectivity index (χ3v) is 8.84. The number of hydrogen-bond acceptors (Lipinski definition) is 5. The molecule has 3 fully saturated rings. The first-order valence-electron chi connectivity index (χ1n) is 11.2. The van der Waals surface area contributed by atoms with Gasteiger partial charge < -0.3 is 13.9 Å². The van der Waals surface area contributed by atoms with Crippen molar-refractivity contribution in [2.45, 2.75) is 96.2 Å². The van der Waals surface area contributed by atoms with Crippen LogP contribution in [0.5, 0.6) is 0 Å². The van der Waals surface area contributed by atoms with Crippen LogP contribution in [0.15, 0.2) is 11.1 Å². The molecule has 29 heavy (non-hydrogen) atoms. The van der Waals surface area contributed by atoms with Crippen molar-refractivity contribution in [3.8, 4) is 0 Å². The van der Waals surface area contributed by atoms with Crippen LogP contribution < -0.4 is 0 Å². The molecule has 2 heterocycles. The number of hydrogen-bond donors (Lipinski definition) is 0. The molecule has 0 N–H and O–H groups in total. The molecule has 4 rings (SSSR count). The van der Waals surface area contributed by atoms with E-state index in [1.165, 1.54) is 20.0 Å². The number of carbonyl (C=O) groups excluding carboxylic acids is 2. The first-order valence-corrected chi connectivity index (χ1v) is 14.6. The van der Waals surface area contributed by atoms with Gasteiger partial charge in [0.2, 0.25) is 0 Å². The molecule has 1 saturated carbocycles. The smallest absolute Gasteiger partial charge is 0.334 e. The van der Waals surface area contributed by atoms with Gasteiger partial charge in [-0.05, 0) is 58.2 Å². The fraction of sp³-hybridized carbons (Fsp3) is 0.826. The molecule has 2 bridgehead atoms. The number of ketones is 1. The third-order valence-electron chi connectivity index (χ3n) is 7.88. The van der Waals surface area contributed by atoms with Gasteiger partial charge in [0.05, 0.1) is 24.2 Å². The Morgan fingerprint density at radius 3 is 2.52 bits per heavy atom. The predicted molar refractivity (Wildman–Crippen MR) is 113 cm³/mol. The van der Waals surface area contributed by atoms with Gasteiger partial charge in [-0.3, -0.25) is 4.79 Å². The molecule has 0 aromatic heterocycles. The van der Waals surface area contributed by atoms with Crippen molar-refractivity contribution in [1.29, 1.82) is 0 Å². The zero-order chi connectivity index (χ0) is 21.2. The van der Waals surface area contributed by atoms with E-state index in [9.17, 15) is 9.59 Å². The summed E-state index contributed by atoms with van der Waals surface area (Å²) in [6.45, 7) is 10.3. The lowest BCUT2D eigenvalue weighted by Crippen LogP contribution is -2.54. The molecule has 0 aromatic rings. The summed E-state index contributed by atoms with van der Waals surface area (Å²) in [4.78, 5) is 26.4. The van der Waals surface area contributed by atoms with Crippen LogP contribution in [0.4, 0.5) is 0 Å². The van der Waals surface area contributed by atoms with E-state index in [-0.39, 0.29) is 11.4 Å². The molecule has 0 amide bonds. The van der Waals surface area contributed by atoms with Gasteiger partial charge in [-0.15, -0.1) is 0 Å². The van der Waals surface area contributed by atoms with E-state index < -0.39 is 31.4 Å². The molecule has 6 heteroatoms. The molecular formula is C23H36O5Si. The normalized spacial score (nSPS) is 42.2. The fourth-order valence-corrected chi connectivity index (χ4v) is 8.12. The molecule has 0 aromatic carbocycles. The lowest BCUT2D eigenvalue weighted by molar-refractivity contribution is -0.238. The number of carbonyl (C=O) groups is 2. The largest absolute Gasteiger partial charge is 0.466 e. The lowest BCUT2D eigenvalue weighted by Gasteiger charge is -2.45. The van der Waals surface area contributed by atoms with Crippen molar-refractivity contribution in [1.82, 2.24) is 0 Å². The van der Waals surface area contributed by atoms with Gasteiger partial charge in [0.1, 0.15) is 0 Å². The van der Waals surface area contributed by atoms with Crippen LogP contribution in [0.2, 0.25) is 19.6 Å². The maximum absolute atomic E-state index is 13.5. The molecule has 1 spiro atoms. The van der Waals surface area contributed by atoms with Gasteiger partial charge in [0, 0.05) is 17.4 Å². The van der Waals surface area contributed by atoms with E-state index in [4.69, 9.17) is 13.9 Å². The predicted octanol–water partition coefficient (Wildman–Crippen LogP) is 4.76. The van der Waals surface area contributed by atoms with Gasteiger partial charge in [-0.1, -0.05) is 26.2 Å². The summed E-state index contributed by atoms with van der Waals surface area (Å²) in [7, 11) is -0.641. The standard InChI is InChI=1S/C23H36O5Si/c1-15-17(20(25)26-3)18-21(2,19(15)24)12-13-22-11-9-7-8-10-16(22)14-23(18,27-22)28-29(4,5)6/h16,18H,7-14H2,1-6H3/t16-,18-,21-,22+,23-/m0/s1. The number of Topliss-reactive ketones (excluding diaryl/α,β-unsaturated/α-hetero) is 1. The number of rotatable bonds is 3. The molecule has 5 atom stereocenters. The molecular weight excluding hydrogens is 384 g/mol. The minimum Gasteiger partial charge on any atom is -0.466 e. The van der Waals surface area contributed by atoms with Crippen molar-refractivity contribution in [3.63, 3.8) is 0 Å². The summed E-state index contributed by atoms with van der Waals surface area (Å²) < 4.78 is 19.1. The van der Waals surface area contributed by atoms with E-state index in [1.54, 1.807) is 6.92 Å². The number of fused-ring (bicyclic) bond motifs is 3. The second-order valence-corrected chi connectivity index (χ2v) is 15.3. The van der Waals surface area contributed by atoms with Crippen LogP contribution in [-0.2, 0) is 23.5 Å². The number of ether oxygens (including phenoxy) is 2. The maximum atomic E-state index is 13.5. The van der Waals surface area contributed by atoms with E-state index in [0.717, 1.165) is 38.5 Å². The van der Waals surface area contributed by atoms with Crippen molar-refractivity contribution < 1.29 is 23.5 Å². The van der Waals surface area contributed by atoms with E-state index in [1.807, 2.05) is 6.92 Å². The highest BCUT2D eigenvalue weighted by atomic mass is 28.4. The summed E-state index contributed by atoms with van der Waals surface area (Å²) in [5.41, 5.74) is 0.133. The maximum Gasteiger partial charge on any atom is 0.334 e. The third kappa shape index (κ3) is 3.09. The fourth-order valence-electron chi connectivity index (χ4n) is 6.84. The van der Waals surface area contributed by atoms with Crippen molar-refractivity contribution in [3.05, 3.63) is 11.1 Å².